The number of nitriles is 1. The van der Waals surface area contributed by atoms with E-state index in [-0.39, 0.29) is 5.82 Å². The summed E-state index contributed by atoms with van der Waals surface area (Å²) in [6.07, 6.45) is 1.11. The fourth-order valence-electron chi connectivity index (χ4n) is 2.00. The summed E-state index contributed by atoms with van der Waals surface area (Å²) in [5.74, 6) is -0.239. The number of methoxy groups -OCH3 is 1. The third-order valence-electron chi connectivity index (χ3n) is 2.81. The fourth-order valence-corrected chi connectivity index (χ4v) is 2.00. The van der Waals surface area contributed by atoms with Crippen molar-refractivity contribution < 1.29 is 9.13 Å². The first-order chi connectivity index (χ1) is 6.73. The van der Waals surface area contributed by atoms with Crippen molar-refractivity contribution >= 4 is 0 Å². The smallest absolute Gasteiger partial charge is 0.179 e. The van der Waals surface area contributed by atoms with E-state index >= 15 is 0 Å². The molecule has 72 valence electrons. The van der Waals surface area contributed by atoms with Crippen LogP contribution in [0.4, 0.5) is 4.39 Å². The van der Waals surface area contributed by atoms with E-state index in [1.54, 1.807) is 12.1 Å². The fraction of sp³-hybridized carbons (Fsp3) is 0.364. The number of fused-ring (bicyclic) bond motifs is 1. The number of ether oxygens (including phenoxy) is 1. The van der Waals surface area contributed by atoms with Gasteiger partial charge in [0.2, 0.25) is 0 Å². The minimum Gasteiger partial charge on any atom is -0.359 e. The van der Waals surface area contributed by atoms with Gasteiger partial charge in [0.1, 0.15) is 11.9 Å². The van der Waals surface area contributed by atoms with Gasteiger partial charge in [0.25, 0.3) is 0 Å². The molecule has 2 rings (SSSR count). The standard InChI is InChI=1S/C11H10FNO/c1-14-11(7-13)6-5-8-9(11)3-2-4-10(8)12/h2-4H,5-6H2,1H3. The third-order valence-corrected chi connectivity index (χ3v) is 2.81. The van der Waals surface area contributed by atoms with Gasteiger partial charge in [0.15, 0.2) is 5.60 Å². The van der Waals surface area contributed by atoms with Crippen LogP contribution in [0.5, 0.6) is 0 Å². The Labute approximate surface area is 81.9 Å². The minimum atomic E-state index is -0.933. The maximum absolute atomic E-state index is 13.3. The Balaban J connectivity index is 2.61. The molecule has 0 bridgehead atoms. The number of benzene rings is 1. The summed E-state index contributed by atoms with van der Waals surface area (Å²) < 4.78 is 18.5. The average Bonchev–Trinajstić information content (AvgIpc) is 2.59. The highest BCUT2D eigenvalue weighted by Crippen LogP contribution is 2.39. The molecule has 14 heavy (non-hydrogen) atoms. The van der Waals surface area contributed by atoms with E-state index in [1.807, 2.05) is 0 Å². The second-order valence-electron chi connectivity index (χ2n) is 3.41. The molecule has 0 aromatic heterocycles. The zero-order chi connectivity index (χ0) is 10.2. The predicted molar refractivity (Wildman–Crippen MR) is 49.0 cm³/mol. The van der Waals surface area contributed by atoms with Crippen LogP contribution in [0, 0.1) is 17.1 Å². The largest absolute Gasteiger partial charge is 0.359 e. The molecule has 0 aliphatic heterocycles. The van der Waals surface area contributed by atoms with Crippen molar-refractivity contribution in [2.45, 2.75) is 18.4 Å². The van der Waals surface area contributed by atoms with Crippen LogP contribution in [0.15, 0.2) is 18.2 Å². The molecule has 1 atom stereocenters. The zero-order valence-corrected chi connectivity index (χ0v) is 7.88. The Morgan fingerprint density at radius 1 is 1.57 bits per heavy atom. The summed E-state index contributed by atoms with van der Waals surface area (Å²) >= 11 is 0. The van der Waals surface area contributed by atoms with Crippen LogP contribution < -0.4 is 0 Å². The molecule has 0 heterocycles. The highest BCUT2D eigenvalue weighted by molar-refractivity contribution is 5.42. The molecule has 0 amide bonds. The Morgan fingerprint density at radius 3 is 3.00 bits per heavy atom. The van der Waals surface area contributed by atoms with E-state index in [1.165, 1.54) is 13.2 Å². The lowest BCUT2D eigenvalue weighted by Crippen LogP contribution is -2.22. The van der Waals surface area contributed by atoms with Crippen molar-refractivity contribution in [1.29, 1.82) is 5.26 Å². The molecular weight excluding hydrogens is 181 g/mol. The van der Waals surface area contributed by atoms with Crippen molar-refractivity contribution in [3.05, 3.63) is 35.1 Å². The first-order valence-electron chi connectivity index (χ1n) is 4.48. The van der Waals surface area contributed by atoms with Crippen molar-refractivity contribution in [3.8, 4) is 6.07 Å². The van der Waals surface area contributed by atoms with E-state index < -0.39 is 5.60 Å². The van der Waals surface area contributed by atoms with Gasteiger partial charge in [-0.25, -0.2) is 4.39 Å². The first kappa shape index (κ1) is 9.17. The zero-order valence-electron chi connectivity index (χ0n) is 7.88. The second kappa shape index (κ2) is 3.07. The molecule has 0 saturated heterocycles. The monoisotopic (exact) mass is 191 g/mol. The van der Waals surface area contributed by atoms with Crippen LogP contribution in [-0.2, 0) is 16.8 Å². The number of hydrogen-bond donors (Lipinski definition) is 0. The molecule has 0 radical (unpaired) electrons. The normalized spacial score (nSPS) is 24.4. The molecule has 1 aromatic carbocycles. The predicted octanol–water partition coefficient (Wildman–Crippen LogP) is 2.14. The number of nitrogens with zero attached hydrogens (tertiary/aromatic N) is 1. The van der Waals surface area contributed by atoms with Gasteiger partial charge in [-0.05, 0) is 24.5 Å². The number of halogens is 1. The van der Waals surface area contributed by atoms with E-state index in [9.17, 15) is 4.39 Å². The Kier molecular flexibility index (Phi) is 2.01. The molecule has 0 fully saturated rings. The van der Waals surface area contributed by atoms with Gasteiger partial charge in [0, 0.05) is 12.7 Å². The Morgan fingerprint density at radius 2 is 2.36 bits per heavy atom. The summed E-state index contributed by atoms with van der Waals surface area (Å²) in [5, 5.41) is 9.06. The third kappa shape index (κ3) is 1.04. The van der Waals surface area contributed by atoms with Crippen LogP contribution in [0.2, 0.25) is 0 Å². The van der Waals surface area contributed by atoms with Crippen molar-refractivity contribution in [1.82, 2.24) is 0 Å². The van der Waals surface area contributed by atoms with Gasteiger partial charge >= 0.3 is 0 Å². The molecule has 1 aliphatic carbocycles. The van der Waals surface area contributed by atoms with Crippen molar-refractivity contribution in [2.24, 2.45) is 0 Å². The SMILES string of the molecule is COC1(C#N)CCc2c(F)cccc21. The number of rotatable bonds is 1. The summed E-state index contributed by atoms with van der Waals surface area (Å²) in [6, 6.07) is 6.92. The topological polar surface area (TPSA) is 33.0 Å². The van der Waals surface area contributed by atoms with Gasteiger partial charge in [0.05, 0.1) is 0 Å². The van der Waals surface area contributed by atoms with Crippen molar-refractivity contribution in [2.75, 3.05) is 7.11 Å². The van der Waals surface area contributed by atoms with Crippen LogP contribution in [0.1, 0.15) is 17.5 Å². The van der Waals surface area contributed by atoms with E-state index in [0.717, 1.165) is 0 Å². The van der Waals surface area contributed by atoms with Crippen LogP contribution in [0.25, 0.3) is 0 Å². The molecular formula is C11H10FNO. The van der Waals surface area contributed by atoms with Crippen LogP contribution in [-0.4, -0.2) is 7.11 Å². The molecule has 0 saturated carbocycles. The van der Waals surface area contributed by atoms with Crippen LogP contribution >= 0.6 is 0 Å². The van der Waals surface area contributed by atoms with Gasteiger partial charge < -0.3 is 4.74 Å². The summed E-state index contributed by atoms with van der Waals surface area (Å²) in [7, 11) is 1.49. The average molecular weight is 191 g/mol. The lowest BCUT2D eigenvalue weighted by molar-refractivity contribution is 0.0379. The molecule has 3 heteroatoms. The number of hydrogen-bond acceptors (Lipinski definition) is 2. The van der Waals surface area contributed by atoms with Gasteiger partial charge in [-0.1, -0.05) is 12.1 Å². The first-order valence-corrected chi connectivity index (χ1v) is 4.48. The molecule has 1 aliphatic rings. The molecule has 0 spiro atoms. The van der Waals surface area contributed by atoms with Gasteiger partial charge in [-0.3, -0.25) is 0 Å². The maximum Gasteiger partial charge on any atom is 0.179 e. The minimum absolute atomic E-state index is 0.239. The van der Waals surface area contributed by atoms with E-state index in [2.05, 4.69) is 6.07 Å². The van der Waals surface area contributed by atoms with Gasteiger partial charge in [-0.15, -0.1) is 0 Å². The lowest BCUT2D eigenvalue weighted by Gasteiger charge is -2.19. The molecule has 1 aromatic rings. The van der Waals surface area contributed by atoms with Gasteiger partial charge in [-0.2, -0.15) is 5.26 Å². The Bertz CT molecular complexity index is 410. The van der Waals surface area contributed by atoms with E-state index in [4.69, 9.17) is 10.00 Å². The van der Waals surface area contributed by atoms with Crippen LogP contribution in [0.3, 0.4) is 0 Å². The summed E-state index contributed by atoms with van der Waals surface area (Å²) in [6.45, 7) is 0. The highest BCUT2D eigenvalue weighted by atomic mass is 19.1. The lowest BCUT2D eigenvalue weighted by atomic mass is 9.97. The molecule has 2 nitrogen and oxygen atoms in total. The molecule has 0 N–H and O–H groups in total. The quantitative estimate of drug-likeness (QED) is 0.681. The van der Waals surface area contributed by atoms with E-state index in [0.29, 0.717) is 24.0 Å². The Hall–Kier alpha value is -1.40. The second-order valence-corrected chi connectivity index (χ2v) is 3.41. The summed E-state index contributed by atoms with van der Waals surface area (Å²) in [5.41, 5.74) is 0.371. The molecule has 1 unspecified atom stereocenters. The maximum atomic E-state index is 13.3. The highest BCUT2D eigenvalue weighted by Gasteiger charge is 2.40. The summed E-state index contributed by atoms with van der Waals surface area (Å²) in [4.78, 5) is 0. The van der Waals surface area contributed by atoms with Crippen molar-refractivity contribution in [3.63, 3.8) is 0 Å².